The molecular weight excluding hydrogens is 340 g/mol. The van der Waals surface area contributed by atoms with E-state index in [-0.39, 0.29) is 16.4 Å². The molecule has 0 saturated heterocycles. The number of aryl methyl sites for hydroxylation is 1. The molecule has 0 aliphatic carbocycles. The lowest BCUT2D eigenvalue weighted by Crippen LogP contribution is -2.22. The second kappa shape index (κ2) is 7.48. The Kier molecular flexibility index (Phi) is 5.58. The molecule has 0 aliphatic heterocycles. The highest BCUT2D eigenvalue weighted by atomic mass is 32.2. The van der Waals surface area contributed by atoms with Crippen molar-refractivity contribution in [3.05, 3.63) is 59.2 Å². The Bertz CT molecular complexity index is 903. The highest BCUT2D eigenvalue weighted by Gasteiger charge is 2.15. The van der Waals surface area contributed by atoms with Gasteiger partial charge in [-0.3, -0.25) is 9.59 Å². The first-order valence-corrected chi connectivity index (χ1v) is 9.62. The number of rotatable bonds is 5. The van der Waals surface area contributed by atoms with Crippen LogP contribution in [-0.4, -0.2) is 33.0 Å². The van der Waals surface area contributed by atoms with Gasteiger partial charge in [0.1, 0.15) is 0 Å². The van der Waals surface area contributed by atoms with E-state index in [0.29, 0.717) is 23.4 Å². The highest BCUT2D eigenvalue weighted by Crippen LogP contribution is 2.18. The van der Waals surface area contributed by atoms with Crippen molar-refractivity contribution < 1.29 is 18.0 Å². The third-order valence-electron chi connectivity index (χ3n) is 3.62. The van der Waals surface area contributed by atoms with E-state index in [4.69, 9.17) is 0 Å². The minimum atomic E-state index is -3.39. The van der Waals surface area contributed by atoms with E-state index >= 15 is 0 Å². The van der Waals surface area contributed by atoms with Crippen molar-refractivity contribution in [3.63, 3.8) is 0 Å². The number of hydrogen-bond donors (Lipinski definition) is 2. The summed E-state index contributed by atoms with van der Waals surface area (Å²) < 4.78 is 23.3. The zero-order valence-electron chi connectivity index (χ0n) is 14.3. The van der Waals surface area contributed by atoms with E-state index in [1.54, 1.807) is 37.3 Å². The third kappa shape index (κ3) is 4.67. The normalized spacial score (nSPS) is 11.0. The summed E-state index contributed by atoms with van der Waals surface area (Å²) in [5.41, 5.74) is 1.97. The molecule has 0 fully saturated rings. The summed E-state index contributed by atoms with van der Waals surface area (Å²) in [6.07, 6.45) is 1.10. The number of anilines is 1. The van der Waals surface area contributed by atoms with Crippen LogP contribution in [0.4, 0.5) is 5.69 Å². The maximum atomic E-state index is 12.5. The fraction of sp³-hybridized carbons (Fsp3) is 0.222. The number of nitrogens with one attached hydrogen (secondary N) is 2. The molecule has 132 valence electrons. The van der Waals surface area contributed by atoms with E-state index in [1.807, 2.05) is 6.92 Å². The Morgan fingerprint density at radius 2 is 1.64 bits per heavy atom. The Balaban J connectivity index is 2.21. The quantitative estimate of drug-likeness (QED) is 0.856. The van der Waals surface area contributed by atoms with Crippen LogP contribution >= 0.6 is 0 Å². The van der Waals surface area contributed by atoms with Gasteiger partial charge in [-0.25, -0.2) is 8.42 Å². The molecular formula is C18H20N2O4S. The molecule has 2 amide bonds. The van der Waals surface area contributed by atoms with Gasteiger partial charge >= 0.3 is 0 Å². The molecule has 6 nitrogen and oxygen atoms in total. The van der Waals surface area contributed by atoms with Crippen LogP contribution in [0.25, 0.3) is 0 Å². The van der Waals surface area contributed by atoms with E-state index in [2.05, 4.69) is 10.6 Å². The van der Waals surface area contributed by atoms with E-state index in [9.17, 15) is 18.0 Å². The maximum Gasteiger partial charge on any atom is 0.255 e. The lowest BCUT2D eigenvalue weighted by molar-refractivity contribution is 0.0955. The smallest absolute Gasteiger partial charge is 0.255 e. The number of amides is 2. The van der Waals surface area contributed by atoms with Crippen molar-refractivity contribution in [1.29, 1.82) is 0 Å². The maximum absolute atomic E-state index is 12.5. The number of carbonyl (C=O) groups excluding carboxylic acids is 2. The van der Waals surface area contributed by atoms with Gasteiger partial charge in [-0.05, 0) is 55.8 Å². The predicted molar refractivity (Wildman–Crippen MR) is 96.7 cm³/mol. The summed E-state index contributed by atoms with van der Waals surface area (Å²) in [6.45, 7) is 4.10. The molecule has 0 heterocycles. The van der Waals surface area contributed by atoms with Crippen molar-refractivity contribution in [3.8, 4) is 0 Å². The first kappa shape index (κ1) is 18.7. The Morgan fingerprint density at radius 3 is 2.20 bits per heavy atom. The zero-order valence-corrected chi connectivity index (χ0v) is 15.1. The van der Waals surface area contributed by atoms with Crippen LogP contribution in [0.5, 0.6) is 0 Å². The lowest BCUT2D eigenvalue weighted by Gasteiger charge is -2.10. The van der Waals surface area contributed by atoms with Crippen molar-refractivity contribution in [2.24, 2.45) is 0 Å². The first-order valence-electron chi connectivity index (χ1n) is 7.72. The summed E-state index contributed by atoms with van der Waals surface area (Å²) in [5, 5.41) is 5.40. The van der Waals surface area contributed by atoms with Gasteiger partial charge in [-0.1, -0.05) is 6.07 Å². The van der Waals surface area contributed by atoms with E-state index in [0.717, 1.165) is 6.26 Å². The SMILES string of the molecule is CCNC(=O)c1ccc(NC(=O)c2cc(S(C)(=O)=O)ccc2C)cc1. The van der Waals surface area contributed by atoms with Crippen LogP contribution in [0, 0.1) is 6.92 Å². The monoisotopic (exact) mass is 360 g/mol. The van der Waals surface area contributed by atoms with Crippen molar-refractivity contribution >= 4 is 27.3 Å². The zero-order chi connectivity index (χ0) is 18.6. The summed E-state index contributed by atoms with van der Waals surface area (Å²) >= 11 is 0. The van der Waals surface area contributed by atoms with Crippen LogP contribution in [0.1, 0.15) is 33.2 Å². The van der Waals surface area contributed by atoms with Crippen molar-refractivity contribution in [1.82, 2.24) is 5.32 Å². The van der Waals surface area contributed by atoms with Crippen LogP contribution in [0.15, 0.2) is 47.4 Å². The van der Waals surface area contributed by atoms with Crippen LogP contribution in [0.2, 0.25) is 0 Å². The topological polar surface area (TPSA) is 92.3 Å². The van der Waals surface area contributed by atoms with Gasteiger partial charge in [0.05, 0.1) is 4.90 Å². The minimum absolute atomic E-state index is 0.0924. The molecule has 0 aliphatic rings. The first-order chi connectivity index (χ1) is 11.7. The molecule has 2 aromatic rings. The Labute approximate surface area is 147 Å². The number of hydrogen-bond acceptors (Lipinski definition) is 4. The number of benzene rings is 2. The van der Waals surface area contributed by atoms with Crippen LogP contribution < -0.4 is 10.6 Å². The highest BCUT2D eigenvalue weighted by molar-refractivity contribution is 7.90. The van der Waals surface area contributed by atoms with Gasteiger partial charge in [0.15, 0.2) is 9.84 Å². The van der Waals surface area contributed by atoms with Crippen LogP contribution in [0.3, 0.4) is 0 Å². The molecule has 2 rings (SSSR count). The van der Waals surface area contributed by atoms with E-state index < -0.39 is 15.7 Å². The Morgan fingerprint density at radius 1 is 1.00 bits per heavy atom. The average Bonchev–Trinajstić information content (AvgIpc) is 2.55. The molecule has 25 heavy (non-hydrogen) atoms. The predicted octanol–water partition coefficient (Wildman–Crippen LogP) is 2.40. The standard InChI is InChI=1S/C18H20N2O4S/c1-4-19-17(21)13-6-8-14(9-7-13)20-18(22)16-11-15(25(3,23)24)10-5-12(16)2/h5-11H,4H2,1-3H3,(H,19,21)(H,20,22). The molecule has 0 radical (unpaired) electrons. The minimum Gasteiger partial charge on any atom is -0.352 e. The molecule has 7 heteroatoms. The molecule has 0 atom stereocenters. The number of sulfone groups is 1. The summed E-state index contributed by atoms with van der Waals surface area (Å²) in [6, 6.07) is 10.9. The van der Waals surface area contributed by atoms with Crippen molar-refractivity contribution in [2.45, 2.75) is 18.7 Å². The second-order valence-electron chi connectivity index (χ2n) is 5.64. The van der Waals surface area contributed by atoms with Crippen LogP contribution in [-0.2, 0) is 9.84 Å². The van der Waals surface area contributed by atoms with Gasteiger partial charge in [0.25, 0.3) is 11.8 Å². The van der Waals surface area contributed by atoms with Gasteiger partial charge in [-0.2, -0.15) is 0 Å². The summed E-state index contributed by atoms with van der Waals surface area (Å²) in [5.74, 6) is -0.592. The van der Waals surface area contributed by atoms with Gasteiger partial charge in [0, 0.05) is 29.6 Å². The summed E-state index contributed by atoms with van der Waals surface area (Å²) in [4.78, 5) is 24.3. The molecule has 0 aromatic heterocycles. The van der Waals surface area contributed by atoms with Gasteiger partial charge < -0.3 is 10.6 Å². The van der Waals surface area contributed by atoms with Gasteiger partial charge in [0.2, 0.25) is 0 Å². The van der Waals surface area contributed by atoms with Gasteiger partial charge in [-0.15, -0.1) is 0 Å². The fourth-order valence-corrected chi connectivity index (χ4v) is 2.89. The number of carbonyl (C=O) groups is 2. The largest absolute Gasteiger partial charge is 0.352 e. The van der Waals surface area contributed by atoms with Crippen molar-refractivity contribution in [2.75, 3.05) is 18.1 Å². The summed E-state index contributed by atoms with van der Waals surface area (Å²) in [7, 11) is -3.39. The third-order valence-corrected chi connectivity index (χ3v) is 4.73. The Hall–Kier alpha value is -2.67. The molecule has 0 unspecified atom stereocenters. The lowest BCUT2D eigenvalue weighted by atomic mass is 10.1. The molecule has 2 N–H and O–H groups in total. The molecule has 0 spiro atoms. The molecule has 2 aromatic carbocycles. The van der Waals surface area contributed by atoms with E-state index in [1.165, 1.54) is 12.1 Å². The molecule has 0 bridgehead atoms. The fourth-order valence-electron chi connectivity index (χ4n) is 2.24. The second-order valence-corrected chi connectivity index (χ2v) is 7.66. The molecule has 0 saturated carbocycles. The average molecular weight is 360 g/mol.